The van der Waals surface area contributed by atoms with Crippen LogP contribution in [0, 0.1) is 6.92 Å². The van der Waals surface area contributed by atoms with Crippen LogP contribution in [0.3, 0.4) is 0 Å². The lowest BCUT2D eigenvalue weighted by molar-refractivity contribution is 0.0789. The van der Waals surface area contributed by atoms with E-state index in [1.54, 1.807) is 0 Å². The molecule has 1 atom stereocenters. The van der Waals surface area contributed by atoms with Crippen LogP contribution in [0.1, 0.15) is 22.3 Å². The molecule has 1 aliphatic rings. The third-order valence-corrected chi connectivity index (χ3v) is 3.81. The van der Waals surface area contributed by atoms with Gasteiger partial charge in [-0.05, 0) is 38.1 Å². The number of benzene rings is 1. The zero-order valence-corrected chi connectivity index (χ0v) is 11.8. The summed E-state index contributed by atoms with van der Waals surface area (Å²) in [5.41, 5.74) is 1.84. The maximum absolute atomic E-state index is 12.4. The van der Waals surface area contributed by atoms with E-state index in [0.29, 0.717) is 6.04 Å². The van der Waals surface area contributed by atoms with Crippen LogP contribution < -0.4 is 5.32 Å². The number of hydrogen-bond acceptors (Lipinski definition) is 2. The van der Waals surface area contributed by atoms with E-state index in [9.17, 15) is 4.79 Å². The van der Waals surface area contributed by atoms with E-state index in [4.69, 9.17) is 0 Å². The summed E-state index contributed by atoms with van der Waals surface area (Å²) >= 11 is 3.42. The summed E-state index contributed by atoms with van der Waals surface area (Å²) < 4.78 is 0.954. The zero-order chi connectivity index (χ0) is 12.4. The largest absolute Gasteiger partial charge is 0.337 e. The standard InChI is InChI=1S/C13H17BrN2O/c1-9-3-4-10(14)7-12(9)13(17)16-6-5-11(8-16)15-2/h3-4,7,11,15H,5-6,8H2,1-2H3. The minimum atomic E-state index is 0.140. The minimum absolute atomic E-state index is 0.140. The Hall–Kier alpha value is -0.870. The number of nitrogens with one attached hydrogen (secondary N) is 1. The number of carbonyl (C=O) groups excluding carboxylic acids is 1. The Kier molecular flexibility index (Phi) is 3.84. The highest BCUT2D eigenvalue weighted by molar-refractivity contribution is 9.10. The van der Waals surface area contributed by atoms with Crippen molar-refractivity contribution in [3.05, 3.63) is 33.8 Å². The number of likely N-dealkylation sites (tertiary alicyclic amines) is 1. The van der Waals surface area contributed by atoms with Crippen molar-refractivity contribution >= 4 is 21.8 Å². The smallest absolute Gasteiger partial charge is 0.254 e. The molecule has 0 aromatic heterocycles. The van der Waals surface area contributed by atoms with Crippen molar-refractivity contribution in [1.82, 2.24) is 10.2 Å². The summed E-state index contributed by atoms with van der Waals surface area (Å²) in [5.74, 6) is 0.140. The fraction of sp³-hybridized carbons (Fsp3) is 0.462. The van der Waals surface area contributed by atoms with Gasteiger partial charge in [-0.1, -0.05) is 22.0 Å². The van der Waals surface area contributed by atoms with E-state index in [2.05, 4.69) is 21.2 Å². The molecule has 1 amide bonds. The Balaban J connectivity index is 2.17. The molecule has 3 nitrogen and oxygen atoms in total. The van der Waals surface area contributed by atoms with Gasteiger partial charge in [0.05, 0.1) is 0 Å². The Morgan fingerprint density at radius 2 is 2.29 bits per heavy atom. The third-order valence-electron chi connectivity index (χ3n) is 3.31. The fourth-order valence-corrected chi connectivity index (χ4v) is 2.54. The molecule has 0 saturated carbocycles. The van der Waals surface area contributed by atoms with Crippen molar-refractivity contribution in [2.45, 2.75) is 19.4 Å². The first-order valence-electron chi connectivity index (χ1n) is 5.84. The fourth-order valence-electron chi connectivity index (χ4n) is 2.18. The van der Waals surface area contributed by atoms with Gasteiger partial charge in [0.2, 0.25) is 0 Å². The second-order valence-electron chi connectivity index (χ2n) is 4.48. The molecule has 92 valence electrons. The molecule has 1 N–H and O–H groups in total. The molecule has 0 aliphatic carbocycles. The molecular formula is C13H17BrN2O. The number of likely N-dealkylation sites (N-methyl/N-ethyl adjacent to an activating group) is 1. The van der Waals surface area contributed by atoms with Crippen LogP contribution in [0.5, 0.6) is 0 Å². The number of nitrogens with zero attached hydrogens (tertiary/aromatic N) is 1. The molecule has 1 aliphatic heterocycles. The highest BCUT2D eigenvalue weighted by Crippen LogP contribution is 2.20. The average molecular weight is 297 g/mol. The SMILES string of the molecule is CNC1CCN(C(=O)c2cc(Br)ccc2C)C1. The molecule has 1 unspecified atom stereocenters. The summed E-state index contributed by atoms with van der Waals surface area (Å²) in [4.78, 5) is 14.3. The van der Waals surface area contributed by atoms with E-state index in [1.165, 1.54) is 0 Å². The van der Waals surface area contributed by atoms with Crippen LogP contribution in [0.15, 0.2) is 22.7 Å². The van der Waals surface area contributed by atoms with Crippen molar-refractivity contribution in [2.24, 2.45) is 0 Å². The molecule has 0 radical (unpaired) electrons. The lowest BCUT2D eigenvalue weighted by atomic mass is 10.1. The molecular weight excluding hydrogens is 280 g/mol. The molecule has 1 saturated heterocycles. The Bertz CT molecular complexity index is 433. The zero-order valence-electron chi connectivity index (χ0n) is 10.2. The first kappa shape index (κ1) is 12.6. The highest BCUT2D eigenvalue weighted by atomic mass is 79.9. The number of rotatable bonds is 2. The molecule has 1 aromatic carbocycles. The summed E-state index contributed by atoms with van der Waals surface area (Å²) in [6.07, 6.45) is 1.04. The number of hydrogen-bond donors (Lipinski definition) is 1. The maximum atomic E-state index is 12.4. The van der Waals surface area contributed by atoms with Crippen molar-refractivity contribution < 1.29 is 4.79 Å². The van der Waals surface area contributed by atoms with Crippen molar-refractivity contribution in [3.8, 4) is 0 Å². The van der Waals surface area contributed by atoms with Gasteiger partial charge in [0.15, 0.2) is 0 Å². The lowest BCUT2D eigenvalue weighted by Crippen LogP contribution is -2.33. The predicted octanol–water partition coefficient (Wildman–Crippen LogP) is 2.19. The molecule has 2 rings (SSSR count). The van der Waals surface area contributed by atoms with E-state index in [0.717, 1.165) is 35.1 Å². The van der Waals surface area contributed by atoms with Gasteiger partial charge in [0.25, 0.3) is 5.91 Å². The van der Waals surface area contributed by atoms with Crippen molar-refractivity contribution in [2.75, 3.05) is 20.1 Å². The summed E-state index contributed by atoms with van der Waals surface area (Å²) in [7, 11) is 1.95. The number of amides is 1. The van der Waals surface area contributed by atoms with E-state index in [-0.39, 0.29) is 5.91 Å². The molecule has 4 heteroatoms. The van der Waals surface area contributed by atoms with E-state index >= 15 is 0 Å². The molecule has 1 aromatic rings. The summed E-state index contributed by atoms with van der Waals surface area (Å²) in [6.45, 7) is 3.63. The van der Waals surface area contributed by atoms with E-state index in [1.807, 2.05) is 37.1 Å². The van der Waals surface area contributed by atoms with Crippen LogP contribution in [0.25, 0.3) is 0 Å². The van der Waals surface area contributed by atoms with Gasteiger partial charge in [-0.25, -0.2) is 0 Å². The molecule has 0 bridgehead atoms. The quantitative estimate of drug-likeness (QED) is 0.907. The van der Waals surface area contributed by atoms with E-state index < -0.39 is 0 Å². The van der Waals surface area contributed by atoms with Crippen LogP contribution in [0.4, 0.5) is 0 Å². The van der Waals surface area contributed by atoms with Gasteiger partial charge < -0.3 is 10.2 Å². The van der Waals surface area contributed by atoms with Crippen LogP contribution in [0.2, 0.25) is 0 Å². The van der Waals surface area contributed by atoms with Crippen molar-refractivity contribution in [1.29, 1.82) is 0 Å². The Labute approximate surface area is 110 Å². The maximum Gasteiger partial charge on any atom is 0.254 e. The average Bonchev–Trinajstić information content (AvgIpc) is 2.80. The predicted molar refractivity (Wildman–Crippen MR) is 72.2 cm³/mol. The second-order valence-corrected chi connectivity index (χ2v) is 5.40. The highest BCUT2D eigenvalue weighted by Gasteiger charge is 2.26. The Morgan fingerprint density at radius 3 is 2.94 bits per heavy atom. The van der Waals surface area contributed by atoms with Crippen LogP contribution in [-0.2, 0) is 0 Å². The van der Waals surface area contributed by atoms with Crippen molar-refractivity contribution in [3.63, 3.8) is 0 Å². The van der Waals surface area contributed by atoms with Gasteiger partial charge in [-0.3, -0.25) is 4.79 Å². The van der Waals surface area contributed by atoms with Gasteiger partial charge in [0, 0.05) is 29.2 Å². The molecule has 1 fully saturated rings. The van der Waals surface area contributed by atoms with Gasteiger partial charge in [-0.15, -0.1) is 0 Å². The first-order chi connectivity index (χ1) is 8.11. The van der Waals surface area contributed by atoms with Gasteiger partial charge in [0.1, 0.15) is 0 Å². The monoisotopic (exact) mass is 296 g/mol. The molecule has 17 heavy (non-hydrogen) atoms. The topological polar surface area (TPSA) is 32.3 Å². The number of carbonyl (C=O) groups is 1. The molecule has 1 heterocycles. The van der Waals surface area contributed by atoms with Crippen LogP contribution >= 0.6 is 15.9 Å². The number of halogens is 1. The van der Waals surface area contributed by atoms with Gasteiger partial charge >= 0.3 is 0 Å². The Morgan fingerprint density at radius 1 is 1.53 bits per heavy atom. The third kappa shape index (κ3) is 2.69. The lowest BCUT2D eigenvalue weighted by Gasteiger charge is -2.17. The minimum Gasteiger partial charge on any atom is -0.337 e. The number of aryl methyl sites for hydroxylation is 1. The molecule has 0 spiro atoms. The van der Waals surface area contributed by atoms with Gasteiger partial charge in [-0.2, -0.15) is 0 Å². The van der Waals surface area contributed by atoms with Crippen LogP contribution in [-0.4, -0.2) is 37.0 Å². The first-order valence-corrected chi connectivity index (χ1v) is 6.64. The normalized spacial score (nSPS) is 19.7. The summed E-state index contributed by atoms with van der Waals surface area (Å²) in [5, 5.41) is 3.22. The summed E-state index contributed by atoms with van der Waals surface area (Å²) in [6, 6.07) is 6.28. The second kappa shape index (κ2) is 5.19.